The number of carbonyl (C=O) groups excluding carboxylic acids is 3. The average molecular weight is 736 g/mol. The number of nitrogens with zero attached hydrogens (tertiary/aromatic N) is 5. The summed E-state index contributed by atoms with van der Waals surface area (Å²) in [6, 6.07) is 6.89. The molecule has 6 rings (SSSR count). The van der Waals surface area contributed by atoms with Crippen molar-refractivity contribution in [3.05, 3.63) is 88.2 Å². The first-order chi connectivity index (χ1) is 24.1. The van der Waals surface area contributed by atoms with Crippen molar-refractivity contribution in [2.24, 2.45) is 10.9 Å². The molecule has 0 radical (unpaired) electrons. The van der Waals surface area contributed by atoms with Crippen molar-refractivity contribution in [3.63, 3.8) is 0 Å². The van der Waals surface area contributed by atoms with Crippen LogP contribution < -0.4 is 26.5 Å². The summed E-state index contributed by atoms with van der Waals surface area (Å²) in [6.07, 6.45) is 5.34. The molecule has 1 fully saturated rings. The Hall–Kier alpha value is -5.82. The van der Waals surface area contributed by atoms with E-state index in [0.29, 0.717) is 11.1 Å². The highest BCUT2D eigenvalue weighted by molar-refractivity contribution is 8.00. The van der Waals surface area contributed by atoms with Crippen molar-refractivity contribution in [3.8, 4) is 0 Å². The number of aliphatic carboxylic acids is 2. The zero-order valence-corrected chi connectivity index (χ0v) is 28.6. The highest BCUT2D eigenvalue weighted by Crippen LogP contribution is 2.40. The number of hydrogen-bond acceptors (Lipinski definition) is 12. The van der Waals surface area contributed by atoms with Gasteiger partial charge in [0, 0.05) is 40.1 Å². The number of rotatable bonds is 12. The number of carbonyl (C=O) groups is 4. The third kappa shape index (κ3) is 6.84. The average Bonchev–Trinajstić information content (AvgIpc) is 3.69. The fourth-order valence-electron chi connectivity index (χ4n) is 5.48. The van der Waals surface area contributed by atoms with Crippen LogP contribution in [0.15, 0.2) is 70.7 Å². The Morgan fingerprint density at radius 2 is 2.06 bits per heavy atom. The van der Waals surface area contributed by atoms with E-state index < -0.39 is 52.3 Å². The molecule has 0 aliphatic carbocycles. The lowest BCUT2D eigenvalue weighted by Gasteiger charge is -2.50. The number of β-lactam (4-membered cyclic amide) rings is 1. The molecule has 16 nitrogen and oxygen atoms in total. The van der Waals surface area contributed by atoms with E-state index in [9.17, 15) is 33.8 Å². The van der Waals surface area contributed by atoms with Crippen LogP contribution in [0.1, 0.15) is 30.7 Å². The summed E-state index contributed by atoms with van der Waals surface area (Å²) in [5.74, 6) is -5.01. The minimum absolute atomic E-state index is 0.00598. The van der Waals surface area contributed by atoms with Crippen LogP contribution >= 0.6 is 23.1 Å². The van der Waals surface area contributed by atoms with E-state index in [0.717, 1.165) is 27.1 Å². The van der Waals surface area contributed by atoms with Gasteiger partial charge in [-0.05, 0) is 26.0 Å². The Morgan fingerprint density at radius 3 is 2.71 bits per heavy atom. The zero-order chi connectivity index (χ0) is 36.8. The van der Waals surface area contributed by atoms with E-state index in [-0.39, 0.29) is 46.8 Å². The van der Waals surface area contributed by atoms with Gasteiger partial charge in [-0.15, -0.1) is 23.1 Å². The standard InChI is InChI=1S/C32H30FN9O7S2/c1-32(2,30(47)48)49-39-22(20-14-51-31(36)37-20)26(43)38-23-27(44)42-24(29(45)46)18(13-50-28(23)42)11-40-7-6-21-17(10-40)5-8-41(21)12-16-4-3-15(25(34)35)9-19(16)33/h3-10,14,23,28H,11-13H2,1-2H3,(H7-,34,35,36,37,38,43,45,46,47,48)/t23-,28-/m1/s1. The molecule has 51 heavy (non-hydrogen) atoms. The number of oxime groups is 1. The van der Waals surface area contributed by atoms with Crippen LogP contribution in [-0.2, 0) is 37.1 Å². The van der Waals surface area contributed by atoms with Gasteiger partial charge in [0.2, 0.25) is 5.60 Å². The molecular formula is C32H30FN9O7S2. The van der Waals surface area contributed by atoms with Crippen LogP contribution in [0.5, 0.6) is 0 Å². The van der Waals surface area contributed by atoms with Crippen LogP contribution in [0.3, 0.4) is 0 Å². The first-order valence-corrected chi connectivity index (χ1v) is 17.1. The first-order valence-electron chi connectivity index (χ1n) is 15.1. The molecule has 1 aromatic carbocycles. The summed E-state index contributed by atoms with van der Waals surface area (Å²) in [4.78, 5) is 60.8. The SMILES string of the molecule is CC(C)(ON=C(C(=O)N[C@@H]1C(=O)N2C(C(=O)[O-])=C(C[n+]3ccc4c(ccn4Cc4ccc(C(=N)N)cc4F)c3)CS[C@H]12)c1csc(N)n1)C(=O)O. The number of amidine groups is 1. The van der Waals surface area contributed by atoms with Crippen LogP contribution in [-0.4, -0.2) is 77.6 Å². The number of nitrogens with two attached hydrogens (primary N) is 2. The smallest absolute Gasteiger partial charge is 0.350 e. The quantitative estimate of drug-likeness (QED) is 0.0430. The molecule has 2 aliphatic heterocycles. The molecule has 2 amide bonds. The van der Waals surface area contributed by atoms with Gasteiger partial charge >= 0.3 is 5.97 Å². The Balaban J connectivity index is 1.18. The third-order valence-corrected chi connectivity index (χ3v) is 10.2. The van der Waals surface area contributed by atoms with Gasteiger partial charge in [0.05, 0.1) is 29.1 Å². The number of thioether (sulfide) groups is 1. The maximum absolute atomic E-state index is 14.7. The topological polar surface area (TPSA) is 246 Å². The van der Waals surface area contributed by atoms with Gasteiger partial charge in [0.25, 0.3) is 11.8 Å². The minimum Gasteiger partial charge on any atom is -0.543 e. The van der Waals surface area contributed by atoms with Crippen molar-refractivity contribution in [1.29, 1.82) is 5.41 Å². The number of nitrogens with one attached hydrogen (secondary N) is 2. The van der Waals surface area contributed by atoms with Gasteiger partial charge in [-0.1, -0.05) is 17.3 Å². The van der Waals surface area contributed by atoms with Crippen molar-refractivity contribution in [2.45, 2.75) is 44.0 Å². The fraction of sp³-hybridized carbons (Fsp3) is 0.250. The van der Waals surface area contributed by atoms with Crippen LogP contribution in [0, 0.1) is 11.2 Å². The number of carboxylic acid groups (broad SMARTS) is 2. The predicted molar refractivity (Wildman–Crippen MR) is 182 cm³/mol. The number of benzene rings is 1. The molecular weight excluding hydrogens is 706 g/mol. The number of aromatic nitrogens is 3. The number of amides is 2. The van der Waals surface area contributed by atoms with E-state index >= 15 is 0 Å². The Labute approximate surface area is 296 Å². The second kappa shape index (κ2) is 13.5. The highest BCUT2D eigenvalue weighted by Gasteiger charge is 2.53. The maximum Gasteiger partial charge on any atom is 0.350 e. The van der Waals surface area contributed by atoms with Gasteiger partial charge < -0.3 is 41.2 Å². The molecule has 3 aromatic heterocycles. The molecule has 264 valence electrons. The number of fused-ring (bicyclic) bond motifs is 2. The summed E-state index contributed by atoms with van der Waals surface area (Å²) in [6.45, 7) is 2.80. The minimum atomic E-state index is -1.80. The monoisotopic (exact) mass is 735 g/mol. The number of carboxylic acids is 2. The molecule has 0 spiro atoms. The summed E-state index contributed by atoms with van der Waals surface area (Å²) in [7, 11) is 0. The molecule has 2 aliphatic rings. The Morgan fingerprint density at radius 1 is 1.29 bits per heavy atom. The number of anilines is 1. The maximum atomic E-state index is 14.7. The molecule has 19 heteroatoms. The van der Waals surface area contributed by atoms with Crippen molar-refractivity contribution in [2.75, 3.05) is 11.5 Å². The second-order valence-corrected chi connectivity index (χ2v) is 14.1. The Kier molecular flexibility index (Phi) is 9.25. The van der Waals surface area contributed by atoms with Crippen molar-refractivity contribution < 1.29 is 43.2 Å². The lowest BCUT2D eigenvalue weighted by molar-refractivity contribution is -0.687. The molecule has 0 saturated carbocycles. The summed E-state index contributed by atoms with van der Waals surface area (Å²) >= 11 is 2.25. The van der Waals surface area contributed by atoms with E-state index in [1.165, 1.54) is 37.1 Å². The zero-order valence-electron chi connectivity index (χ0n) is 27.0. The number of thiazole rings is 1. The van der Waals surface area contributed by atoms with Gasteiger partial charge in [-0.2, -0.15) is 0 Å². The van der Waals surface area contributed by atoms with Crippen LogP contribution in [0.25, 0.3) is 10.9 Å². The first kappa shape index (κ1) is 35.0. The fourth-order valence-corrected chi connectivity index (χ4v) is 7.36. The summed E-state index contributed by atoms with van der Waals surface area (Å²) in [5.41, 5.74) is 10.6. The summed E-state index contributed by atoms with van der Waals surface area (Å²) < 4.78 is 18.3. The number of pyridine rings is 1. The molecule has 2 atom stereocenters. The largest absolute Gasteiger partial charge is 0.543 e. The van der Waals surface area contributed by atoms with E-state index in [1.807, 2.05) is 16.7 Å². The molecule has 7 N–H and O–H groups in total. The normalized spacial score (nSPS) is 17.6. The Bertz CT molecular complexity index is 2200. The molecule has 5 heterocycles. The lowest BCUT2D eigenvalue weighted by Crippen LogP contribution is -2.71. The number of hydrogen-bond donors (Lipinski definition) is 5. The van der Waals surface area contributed by atoms with Gasteiger partial charge in [-0.25, -0.2) is 18.7 Å². The van der Waals surface area contributed by atoms with Crippen molar-refractivity contribution >= 4 is 74.4 Å². The van der Waals surface area contributed by atoms with E-state index in [1.54, 1.807) is 35.3 Å². The molecule has 1 saturated heterocycles. The molecule has 4 aromatic rings. The lowest BCUT2D eigenvalue weighted by atomic mass is 10.0. The van der Waals surface area contributed by atoms with Gasteiger partial charge in [-0.3, -0.25) is 19.9 Å². The molecule has 0 unspecified atom stereocenters. The highest BCUT2D eigenvalue weighted by atomic mass is 32.2. The third-order valence-electron chi connectivity index (χ3n) is 8.23. The van der Waals surface area contributed by atoms with Crippen LogP contribution in [0.2, 0.25) is 0 Å². The van der Waals surface area contributed by atoms with Gasteiger partial charge in [0.15, 0.2) is 29.8 Å². The molecule has 0 bridgehead atoms. The van der Waals surface area contributed by atoms with Crippen molar-refractivity contribution in [1.82, 2.24) is 19.8 Å². The number of nitrogen functional groups attached to an aromatic ring is 2. The summed E-state index contributed by atoms with van der Waals surface area (Å²) in [5, 5.41) is 37.1. The van der Waals surface area contributed by atoms with E-state index in [4.69, 9.17) is 21.7 Å². The van der Waals surface area contributed by atoms with Crippen LogP contribution in [0.4, 0.5) is 9.52 Å². The van der Waals surface area contributed by atoms with Gasteiger partial charge in [0.1, 0.15) is 28.8 Å². The second-order valence-electron chi connectivity index (χ2n) is 12.1. The predicted octanol–water partition coefficient (Wildman–Crippen LogP) is 0.127. The van der Waals surface area contributed by atoms with E-state index in [2.05, 4.69) is 15.5 Å². The number of halogens is 1.